The number of benzene rings is 2. The van der Waals surface area contributed by atoms with Gasteiger partial charge in [0.1, 0.15) is 16.7 Å². The van der Waals surface area contributed by atoms with E-state index in [0.29, 0.717) is 22.3 Å². The number of carbonyl (C=O) groups is 3. The maximum atomic E-state index is 12.7. The molecule has 29 heavy (non-hydrogen) atoms. The second kappa shape index (κ2) is 8.78. The lowest BCUT2D eigenvalue weighted by Crippen LogP contribution is -2.43. The molecule has 0 saturated carbocycles. The number of hydrogen-bond acceptors (Lipinski definition) is 6. The minimum absolute atomic E-state index is 0.0105. The summed E-state index contributed by atoms with van der Waals surface area (Å²) >= 11 is 1.17. The number of carbonyl (C=O) groups excluding carboxylic acids is 2. The number of carboxylic acids is 1. The van der Waals surface area contributed by atoms with Crippen LogP contribution in [-0.2, 0) is 9.59 Å². The molecule has 3 rings (SSSR count). The predicted molar refractivity (Wildman–Crippen MR) is 111 cm³/mol. The molecule has 1 aliphatic heterocycles. The molecule has 1 aliphatic rings. The van der Waals surface area contributed by atoms with Crippen molar-refractivity contribution in [1.29, 1.82) is 0 Å². The summed E-state index contributed by atoms with van der Waals surface area (Å²) in [5.74, 6) is -1.17. The van der Waals surface area contributed by atoms with Gasteiger partial charge < -0.3 is 15.2 Å². The highest BCUT2D eigenvalue weighted by Gasteiger charge is 2.34. The number of anilines is 1. The highest BCUT2D eigenvalue weighted by Crippen LogP contribution is 2.32. The monoisotopic (exact) mass is 413 g/mol. The van der Waals surface area contributed by atoms with Crippen molar-refractivity contribution in [1.82, 2.24) is 4.90 Å². The van der Waals surface area contributed by atoms with Gasteiger partial charge in [0.05, 0.1) is 12.7 Å². The molecule has 9 heteroatoms. The molecule has 0 spiro atoms. The minimum Gasteiger partial charge on any atom is -0.494 e. The quantitative estimate of drug-likeness (QED) is 0.780. The van der Waals surface area contributed by atoms with Crippen molar-refractivity contribution >= 4 is 46.1 Å². The maximum Gasteiger partial charge on any atom is 0.335 e. The standard InChI is InChI=1S/C20H19N3O5S/c1-23-17(24)11-16(18(25)21-13-7-5-6-12(10-13)19(26)27)29-20(23)22-14-8-3-4-9-15(14)28-2/h3-10,16H,11H2,1-2H3,(H,21,25)(H,26,27)/t16-/m1/s1. The number of nitrogens with one attached hydrogen (secondary N) is 1. The summed E-state index contributed by atoms with van der Waals surface area (Å²) in [5.41, 5.74) is 0.964. The Morgan fingerprint density at radius 3 is 2.72 bits per heavy atom. The van der Waals surface area contributed by atoms with E-state index in [1.165, 1.54) is 35.9 Å². The fraction of sp³-hybridized carbons (Fsp3) is 0.200. The largest absolute Gasteiger partial charge is 0.494 e. The zero-order valence-corrected chi connectivity index (χ0v) is 16.6. The molecule has 150 valence electrons. The van der Waals surface area contributed by atoms with Crippen molar-refractivity contribution in [3.05, 3.63) is 54.1 Å². The Kier molecular flexibility index (Phi) is 6.18. The Morgan fingerprint density at radius 2 is 2.00 bits per heavy atom. The lowest BCUT2D eigenvalue weighted by molar-refractivity contribution is -0.128. The molecule has 1 saturated heterocycles. The Hall–Kier alpha value is -3.33. The van der Waals surface area contributed by atoms with E-state index in [1.807, 2.05) is 6.07 Å². The zero-order valence-electron chi connectivity index (χ0n) is 15.8. The van der Waals surface area contributed by atoms with Crippen LogP contribution in [-0.4, -0.2) is 52.4 Å². The van der Waals surface area contributed by atoms with E-state index in [2.05, 4.69) is 10.3 Å². The number of aliphatic imine (C=N–C) groups is 1. The van der Waals surface area contributed by atoms with Gasteiger partial charge in [-0.25, -0.2) is 9.79 Å². The maximum absolute atomic E-state index is 12.7. The van der Waals surface area contributed by atoms with Gasteiger partial charge in [-0.05, 0) is 30.3 Å². The van der Waals surface area contributed by atoms with Gasteiger partial charge in [-0.1, -0.05) is 30.0 Å². The van der Waals surface area contributed by atoms with Gasteiger partial charge in [0, 0.05) is 19.2 Å². The van der Waals surface area contributed by atoms with Gasteiger partial charge >= 0.3 is 5.97 Å². The van der Waals surface area contributed by atoms with Crippen LogP contribution in [0.4, 0.5) is 11.4 Å². The molecule has 0 bridgehead atoms. The molecular formula is C20H19N3O5S. The molecule has 0 aromatic heterocycles. The zero-order chi connectivity index (χ0) is 21.0. The highest BCUT2D eigenvalue weighted by molar-refractivity contribution is 8.15. The van der Waals surface area contributed by atoms with Gasteiger partial charge in [0.2, 0.25) is 11.8 Å². The molecule has 2 amide bonds. The minimum atomic E-state index is -1.09. The first-order valence-corrected chi connectivity index (χ1v) is 9.56. The number of carboxylic acid groups (broad SMARTS) is 1. The smallest absolute Gasteiger partial charge is 0.335 e. The normalized spacial score (nSPS) is 17.9. The summed E-state index contributed by atoms with van der Waals surface area (Å²) in [6, 6.07) is 13.1. The summed E-state index contributed by atoms with van der Waals surface area (Å²) < 4.78 is 5.29. The van der Waals surface area contributed by atoms with Gasteiger partial charge in [0.25, 0.3) is 0 Å². The molecule has 2 aromatic rings. The van der Waals surface area contributed by atoms with Crippen LogP contribution in [0.2, 0.25) is 0 Å². The molecule has 2 aromatic carbocycles. The van der Waals surface area contributed by atoms with Gasteiger partial charge in [-0.15, -0.1) is 0 Å². The first-order valence-electron chi connectivity index (χ1n) is 8.68. The number of aromatic carboxylic acids is 1. The van der Waals surface area contributed by atoms with E-state index in [4.69, 9.17) is 9.84 Å². The SMILES string of the molecule is COc1ccccc1N=C1S[C@@H](C(=O)Nc2cccc(C(=O)O)c2)CC(=O)N1C. The Labute approximate surface area is 171 Å². The second-order valence-corrected chi connectivity index (χ2v) is 7.37. The number of hydrogen-bond donors (Lipinski definition) is 2. The number of rotatable bonds is 5. The first-order chi connectivity index (χ1) is 13.9. The lowest BCUT2D eigenvalue weighted by atomic mass is 10.2. The van der Waals surface area contributed by atoms with Crippen LogP contribution in [0.15, 0.2) is 53.5 Å². The van der Waals surface area contributed by atoms with Crippen LogP contribution in [0, 0.1) is 0 Å². The Balaban J connectivity index is 1.81. The van der Waals surface area contributed by atoms with Crippen LogP contribution >= 0.6 is 11.8 Å². The average molecular weight is 413 g/mol. The third-order valence-corrected chi connectivity index (χ3v) is 5.48. The van der Waals surface area contributed by atoms with Crippen molar-refractivity contribution in [3.63, 3.8) is 0 Å². The van der Waals surface area contributed by atoms with Gasteiger partial charge in [0.15, 0.2) is 5.17 Å². The third kappa shape index (κ3) is 4.75. The summed E-state index contributed by atoms with van der Waals surface area (Å²) in [6.07, 6.45) is 0.0105. The number of amidine groups is 1. The van der Waals surface area contributed by atoms with E-state index < -0.39 is 17.1 Å². The van der Waals surface area contributed by atoms with Crippen molar-refractivity contribution < 1.29 is 24.2 Å². The van der Waals surface area contributed by atoms with E-state index >= 15 is 0 Å². The van der Waals surface area contributed by atoms with Crippen molar-refractivity contribution in [2.75, 3.05) is 19.5 Å². The number of methoxy groups -OCH3 is 1. The van der Waals surface area contributed by atoms with Crippen molar-refractivity contribution in [2.24, 2.45) is 4.99 Å². The summed E-state index contributed by atoms with van der Waals surface area (Å²) in [4.78, 5) is 42.1. The molecule has 0 radical (unpaired) electrons. The number of thioether (sulfide) groups is 1. The van der Waals surface area contributed by atoms with Crippen LogP contribution < -0.4 is 10.1 Å². The molecule has 0 unspecified atom stereocenters. The lowest BCUT2D eigenvalue weighted by Gasteiger charge is -2.29. The Morgan fingerprint density at radius 1 is 1.24 bits per heavy atom. The summed E-state index contributed by atoms with van der Waals surface area (Å²) in [5, 5.41) is 11.4. The van der Waals surface area contributed by atoms with Gasteiger partial charge in [-0.3, -0.25) is 14.5 Å². The van der Waals surface area contributed by atoms with Crippen LogP contribution in [0.5, 0.6) is 5.75 Å². The van der Waals surface area contributed by atoms with Crippen LogP contribution in [0.3, 0.4) is 0 Å². The van der Waals surface area contributed by atoms with Crippen LogP contribution in [0.1, 0.15) is 16.8 Å². The Bertz CT molecular complexity index is 992. The molecule has 1 atom stereocenters. The number of nitrogens with zero attached hydrogens (tertiary/aromatic N) is 2. The highest BCUT2D eigenvalue weighted by atomic mass is 32.2. The van der Waals surface area contributed by atoms with Crippen LogP contribution in [0.25, 0.3) is 0 Å². The predicted octanol–water partition coefficient (Wildman–Crippen LogP) is 2.98. The van der Waals surface area contributed by atoms with E-state index in [-0.39, 0.29) is 17.9 Å². The summed E-state index contributed by atoms with van der Waals surface area (Å²) in [6.45, 7) is 0. The fourth-order valence-corrected chi connectivity index (χ4v) is 3.73. The third-order valence-electron chi connectivity index (χ3n) is 4.24. The number of ether oxygens (including phenoxy) is 1. The molecule has 2 N–H and O–H groups in total. The topological polar surface area (TPSA) is 108 Å². The summed E-state index contributed by atoms with van der Waals surface area (Å²) in [7, 11) is 3.14. The number of para-hydroxylation sites is 2. The second-order valence-electron chi connectivity index (χ2n) is 6.20. The molecule has 1 fully saturated rings. The molecular weight excluding hydrogens is 394 g/mol. The van der Waals surface area contributed by atoms with Crippen molar-refractivity contribution in [2.45, 2.75) is 11.7 Å². The first kappa shape index (κ1) is 20.4. The molecule has 8 nitrogen and oxygen atoms in total. The van der Waals surface area contributed by atoms with E-state index in [0.717, 1.165) is 0 Å². The molecule has 0 aliphatic carbocycles. The fourth-order valence-electron chi connectivity index (χ4n) is 2.68. The van der Waals surface area contributed by atoms with Gasteiger partial charge in [-0.2, -0.15) is 0 Å². The number of amides is 2. The molecule has 1 heterocycles. The average Bonchev–Trinajstić information content (AvgIpc) is 2.71. The van der Waals surface area contributed by atoms with Crippen molar-refractivity contribution in [3.8, 4) is 5.75 Å². The van der Waals surface area contributed by atoms with E-state index in [9.17, 15) is 14.4 Å². The van der Waals surface area contributed by atoms with E-state index in [1.54, 1.807) is 37.4 Å².